The Morgan fingerprint density at radius 2 is 1.75 bits per heavy atom. The Balaban J connectivity index is 2.27. The van der Waals surface area contributed by atoms with Crippen LogP contribution in [0.4, 0.5) is 0 Å². The lowest BCUT2D eigenvalue weighted by Crippen LogP contribution is -2.42. The highest BCUT2D eigenvalue weighted by Gasteiger charge is 2.06. The van der Waals surface area contributed by atoms with Crippen molar-refractivity contribution >= 4 is 11.8 Å². The van der Waals surface area contributed by atoms with Crippen LogP contribution in [0, 0.1) is 0 Å². The second-order valence-electron chi connectivity index (χ2n) is 4.07. The molecule has 0 aliphatic carbocycles. The number of amides is 2. The van der Waals surface area contributed by atoms with E-state index in [4.69, 9.17) is 9.47 Å². The topological polar surface area (TPSA) is 76.7 Å². The maximum atomic E-state index is 11.6. The summed E-state index contributed by atoms with van der Waals surface area (Å²) in [6, 6.07) is 7.16. The number of nitrogens with one attached hydrogen (secondary N) is 2. The number of carbonyl (C=O) groups excluding carboxylic acids is 2. The van der Waals surface area contributed by atoms with Gasteiger partial charge in [-0.25, -0.2) is 0 Å². The summed E-state index contributed by atoms with van der Waals surface area (Å²) in [6.07, 6.45) is 0.409. The molecule has 0 aliphatic heterocycles. The minimum Gasteiger partial charge on any atom is -0.497 e. The number of rotatable bonds is 7. The summed E-state index contributed by atoms with van der Waals surface area (Å²) in [5.41, 5.74) is 5.54. The number of carbonyl (C=O) groups is 2. The van der Waals surface area contributed by atoms with Crippen molar-refractivity contribution in [2.24, 2.45) is 0 Å². The van der Waals surface area contributed by atoms with Crippen LogP contribution in [0.25, 0.3) is 0 Å². The lowest BCUT2D eigenvalue weighted by molar-refractivity contribution is -0.129. The van der Waals surface area contributed by atoms with Gasteiger partial charge in [-0.3, -0.25) is 20.4 Å². The fourth-order valence-corrected chi connectivity index (χ4v) is 1.48. The lowest BCUT2D eigenvalue weighted by Gasteiger charge is -2.08. The zero-order chi connectivity index (χ0) is 14.8. The first kappa shape index (κ1) is 16.0. The maximum absolute atomic E-state index is 11.6. The van der Waals surface area contributed by atoms with E-state index in [-0.39, 0.29) is 24.7 Å². The fourth-order valence-electron chi connectivity index (χ4n) is 1.48. The molecule has 2 N–H and O–H groups in total. The van der Waals surface area contributed by atoms with Crippen LogP contribution in [0.1, 0.15) is 18.9 Å². The zero-order valence-electron chi connectivity index (χ0n) is 11.8. The molecule has 0 atom stereocenters. The smallest absolute Gasteiger partial charge is 0.242 e. The molecular formula is C14H20N2O4. The summed E-state index contributed by atoms with van der Waals surface area (Å²) in [7, 11) is 1.58. The number of methoxy groups -OCH3 is 1. The van der Waals surface area contributed by atoms with Gasteiger partial charge < -0.3 is 9.47 Å². The van der Waals surface area contributed by atoms with E-state index in [9.17, 15) is 9.59 Å². The summed E-state index contributed by atoms with van der Waals surface area (Å²) in [5, 5.41) is 0. The molecule has 0 heterocycles. The van der Waals surface area contributed by atoms with Crippen LogP contribution in [-0.4, -0.2) is 32.1 Å². The van der Waals surface area contributed by atoms with Crippen LogP contribution in [0.15, 0.2) is 24.3 Å². The molecule has 0 spiro atoms. The lowest BCUT2D eigenvalue weighted by atomic mass is 10.1. The highest BCUT2D eigenvalue weighted by Crippen LogP contribution is 2.11. The predicted molar refractivity (Wildman–Crippen MR) is 74.1 cm³/mol. The Morgan fingerprint density at radius 1 is 1.10 bits per heavy atom. The molecule has 20 heavy (non-hydrogen) atoms. The van der Waals surface area contributed by atoms with E-state index in [1.54, 1.807) is 31.4 Å². The first-order chi connectivity index (χ1) is 9.65. The standard InChI is InChI=1S/C14H20N2O4/c1-3-20-9-8-13(17)15-16-14(18)10-11-4-6-12(19-2)7-5-11/h4-7H,3,8-10H2,1-2H3,(H,15,17)(H,16,18). The molecule has 0 saturated heterocycles. The molecule has 0 unspecified atom stereocenters. The molecule has 110 valence electrons. The summed E-state index contributed by atoms with van der Waals surface area (Å²) < 4.78 is 10.1. The number of benzene rings is 1. The van der Waals surface area contributed by atoms with E-state index < -0.39 is 0 Å². The van der Waals surface area contributed by atoms with Crippen molar-refractivity contribution in [3.05, 3.63) is 29.8 Å². The molecule has 2 amide bonds. The van der Waals surface area contributed by atoms with Gasteiger partial charge in [0.15, 0.2) is 0 Å². The van der Waals surface area contributed by atoms with Gasteiger partial charge in [0.2, 0.25) is 11.8 Å². The van der Waals surface area contributed by atoms with E-state index in [2.05, 4.69) is 10.9 Å². The van der Waals surface area contributed by atoms with E-state index in [1.807, 2.05) is 6.92 Å². The van der Waals surface area contributed by atoms with Gasteiger partial charge in [-0.05, 0) is 24.6 Å². The Labute approximate surface area is 118 Å². The Bertz CT molecular complexity index is 431. The molecule has 1 rings (SSSR count). The molecule has 1 aromatic carbocycles. The van der Waals surface area contributed by atoms with Gasteiger partial charge in [0.25, 0.3) is 0 Å². The number of ether oxygens (including phenoxy) is 2. The monoisotopic (exact) mass is 280 g/mol. The third-order valence-electron chi connectivity index (χ3n) is 2.54. The SMILES string of the molecule is CCOCCC(=O)NNC(=O)Cc1ccc(OC)cc1. The third kappa shape index (κ3) is 6.19. The highest BCUT2D eigenvalue weighted by atomic mass is 16.5. The molecule has 0 bridgehead atoms. The fraction of sp³-hybridized carbons (Fsp3) is 0.429. The van der Waals surface area contributed by atoms with Gasteiger partial charge in [0.05, 0.1) is 26.6 Å². The molecular weight excluding hydrogens is 260 g/mol. The molecule has 1 aromatic rings. The van der Waals surface area contributed by atoms with Crippen molar-refractivity contribution in [2.45, 2.75) is 19.8 Å². The van der Waals surface area contributed by atoms with Crippen LogP contribution >= 0.6 is 0 Å². The van der Waals surface area contributed by atoms with Crippen LogP contribution in [0.3, 0.4) is 0 Å². The van der Waals surface area contributed by atoms with Crippen LogP contribution in [0.5, 0.6) is 5.75 Å². The van der Waals surface area contributed by atoms with Gasteiger partial charge in [0, 0.05) is 6.61 Å². The van der Waals surface area contributed by atoms with Gasteiger partial charge in [-0.2, -0.15) is 0 Å². The van der Waals surface area contributed by atoms with Gasteiger partial charge >= 0.3 is 0 Å². The van der Waals surface area contributed by atoms with Crippen molar-refractivity contribution in [3.8, 4) is 5.75 Å². The molecule has 0 radical (unpaired) electrons. The maximum Gasteiger partial charge on any atom is 0.242 e. The highest BCUT2D eigenvalue weighted by molar-refractivity contribution is 5.83. The van der Waals surface area contributed by atoms with Crippen molar-refractivity contribution in [1.82, 2.24) is 10.9 Å². The molecule has 0 aromatic heterocycles. The third-order valence-corrected chi connectivity index (χ3v) is 2.54. The van der Waals surface area contributed by atoms with Crippen molar-refractivity contribution in [2.75, 3.05) is 20.3 Å². The molecule has 0 aliphatic rings. The normalized spacial score (nSPS) is 9.90. The van der Waals surface area contributed by atoms with E-state index in [1.165, 1.54) is 0 Å². The minimum absolute atomic E-state index is 0.190. The number of hydrazine groups is 1. The van der Waals surface area contributed by atoms with E-state index in [0.717, 1.165) is 11.3 Å². The van der Waals surface area contributed by atoms with Crippen molar-refractivity contribution < 1.29 is 19.1 Å². The second-order valence-corrected chi connectivity index (χ2v) is 4.07. The first-order valence-corrected chi connectivity index (χ1v) is 6.44. The first-order valence-electron chi connectivity index (χ1n) is 6.44. The van der Waals surface area contributed by atoms with Crippen molar-refractivity contribution in [3.63, 3.8) is 0 Å². The van der Waals surface area contributed by atoms with Gasteiger partial charge in [0.1, 0.15) is 5.75 Å². The van der Waals surface area contributed by atoms with Crippen LogP contribution in [0.2, 0.25) is 0 Å². The molecule has 0 saturated carbocycles. The Hall–Kier alpha value is -2.08. The number of hydrogen-bond donors (Lipinski definition) is 2. The predicted octanol–water partition coefficient (Wildman–Crippen LogP) is 0.812. The van der Waals surface area contributed by atoms with Crippen LogP contribution in [-0.2, 0) is 20.7 Å². The average molecular weight is 280 g/mol. The summed E-state index contributed by atoms with van der Waals surface area (Å²) in [4.78, 5) is 22.9. The van der Waals surface area contributed by atoms with Crippen molar-refractivity contribution in [1.29, 1.82) is 0 Å². The van der Waals surface area contributed by atoms with Crippen LogP contribution < -0.4 is 15.6 Å². The Kier molecular flexibility index (Phi) is 7.13. The zero-order valence-corrected chi connectivity index (χ0v) is 11.8. The summed E-state index contributed by atoms with van der Waals surface area (Å²) in [5.74, 6) is 0.180. The number of hydrogen-bond acceptors (Lipinski definition) is 4. The average Bonchev–Trinajstić information content (AvgIpc) is 2.46. The van der Waals surface area contributed by atoms with E-state index in [0.29, 0.717) is 13.2 Å². The quantitative estimate of drug-likeness (QED) is 0.572. The van der Waals surface area contributed by atoms with Gasteiger partial charge in [-0.15, -0.1) is 0 Å². The van der Waals surface area contributed by atoms with E-state index >= 15 is 0 Å². The molecule has 6 nitrogen and oxygen atoms in total. The van der Waals surface area contributed by atoms with Gasteiger partial charge in [-0.1, -0.05) is 12.1 Å². The summed E-state index contributed by atoms with van der Waals surface area (Å²) >= 11 is 0. The largest absolute Gasteiger partial charge is 0.497 e. The minimum atomic E-state index is -0.278. The Morgan fingerprint density at radius 3 is 2.35 bits per heavy atom. The molecule has 6 heteroatoms. The molecule has 0 fully saturated rings. The summed E-state index contributed by atoms with van der Waals surface area (Å²) in [6.45, 7) is 2.77. The second kappa shape index (κ2) is 8.92.